The van der Waals surface area contributed by atoms with Crippen molar-refractivity contribution in [2.45, 2.75) is 6.54 Å². The van der Waals surface area contributed by atoms with Gasteiger partial charge in [-0.2, -0.15) is 0 Å². The maximum absolute atomic E-state index is 13.6. The SMILES string of the molecule is CN(Cc1cccc(N)c1)C(=O)c1cccc(F)c1F. The van der Waals surface area contributed by atoms with Gasteiger partial charge in [0.25, 0.3) is 5.91 Å². The average molecular weight is 276 g/mol. The number of hydrogen-bond donors (Lipinski definition) is 1. The Bertz CT molecular complexity index is 644. The molecule has 0 saturated carbocycles. The van der Waals surface area contributed by atoms with Crippen LogP contribution in [0.1, 0.15) is 15.9 Å². The van der Waals surface area contributed by atoms with Gasteiger partial charge in [-0.25, -0.2) is 8.78 Å². The molecule has 0 aliphatic heterocycles. The van der Waals surface area contributed by atoms with E-state index in [0.717, 1.165) is 11.6 Å². The standard InChI is InChI=1S/C15H14F2N2O/c1-19(9-10-4-2-5-11(18)8-10)15(20)12-6-3-7-13(16)14(12)17/h2-8H,9,18H2,1H3. The number of rotatable bonds is 3. The summed E-state index contributed by atoms with van der Waals surface area (Å²) in [6.07, 6.45) is 0. The molecule has 0 saturated heterocycles. The normalized spacial score (nSPS) is 10.3. The van der Waals surface area contributed by atoms with Crippen LogP contribution in [0.2, 0.25) is 0 Å². The van der Waals surface area contributed by atoms with Gasteiger partial charge in [-0.1, -0.05) is 18.2 Å². The molecular weight excluding hydrogens is 262 g/mol. The lowest BCUT2D eigenvalue weighted by atomic mass is 10.1. The Morgan fingerprint density at radius 3 is 2.60 bits per heavy atom. The Morgan fingerprint density at radius 2 is 1.90 bits per heavy atom. The molecule has 104 valence electrons. The summed E-state index contributed by atoms with van der Waals surface area (Å²) in [5.74, 6) is -2.74. The van der Waals surface area contributed by atoms with E-state index < -0.39 is 17.5 Å². The minimum atomic E-state index is -1.13. The van der Waals surface area contributed by atoms with Crippen LogP contribution < -0.4 is 5.73 Å². The highest BCUT2D eigenvalue weighted by atomic mass is 19.2. The van der Waals surface area contributed by atoms with Crippen molar-refractivity contribution >= 4 is 11.6 Å². The van der Waals surface area contributed by atoms with Crippen LogP contribution >= 0.6 is 0 Å². The highest BCUT2D eigenvalue weighted by Gasteiger charge is 2.18. The molecule has 0 unspecified atom stereocenters. The molecule has 5 heteroatoms. The Morgan fingerprint density at radius 1 is 1.20 bits per heavy atom. The lowest BCUT2D eigenvalue weighted by Crippen LogP contribution is -2.27. The van der Waals surface area contributed by atoms with Gasteiger partial charge < -0.3 is 10.6 Å². The lowest BCUT2D eigenvalue weighted by molar-refractivity contribution is 0.0779. The second-order valence-electron chi connectivity index (χ2n) is 4.51. The van der Waals surface area contributed by atoms with E-state index >= 15 is 0 Å². The van der Waals surface area contributed by atoms with Crippen molar-refractivity contribution in [3.8, 4) is 0 Å². The van der Waals surface area contributed by atoms with E-state index in [1.807, 2.05) is 6.07 Å². The van der Waals surface area contributed by atoms with Crippen molar-refractivity contribution in [1.29, 1.82) is 0 Å². The van der Waals surface area contributed by atoms with Gasteiger partial charge in [-0.3, -0.25) is 4.79 Å². The van der Waals surface area contributed by atoms with Crippen LogP contribution in [-0.2, 0) is 6.54 Å². The predicted molar refractivity (Wildman–Crippen MR) is 73.0 cm³/mol. The fourth-order valence-electron chi connectivity index (χ4n) is 1.91. The van der Waals surface area contributed by atoms with Crippen LogP contribution in [0, 0.1) is 11.6 Å². The molecule has 0 atom stereocenters. The van der Waals surface area contributed by atoms with Gasteiger partial charge in [-0.15, -0.1) is 0 Å². The number of amides is 1. The van der Waals surface area contributed by atoms with Crippen molar-refractivity contribution in [3.63, 3.8) is 0 Å². The Labute approximate surface area is 115 Å². The van der Waals surface area contributed by atoms with Gasteiger partial charge in [0.2, 0.25) is 0 Å². The first-order chi connectivity index (χ1) is 9.49. The van der Waals surface area contributed by atoms with Crippen LogP contribution in [0.5, 0.6) is 0 Å². The molecule has 2 aromatic carbocycles. The van der Waals surface area contributed by atoms with E-state index in [-0.39, 0.29) is 12.1 Å². The highest BCUT2D eigenvalue weighted by molar-refractivity contribution is 5.94. The first-order valence-electron chi connectivity index (χ1n) is 6.03. The lowest BCUT2D eigenvalue weighted by Gasteiger charge is -2.18. The van der Waals surface area contributed by atoms with Crippen molar-refractivity contribution in [1.82, 2.24) is 4.90 Å². The zero-order chi connectivity index (χ0) is 14.7. The second kappa shape index (κ2) is 5.69. The number of nitrogens with two attached hydrogens (primary N) is 1. The van der Waals surface area contributed by atoms with Gasteiger partial charge in [0.05, 0.1) is 5.56 Å². The molecule has 20 heavy (non-hydrogen) atoms. The number of nitrogens with zero attached hydrogens (tertiary/aromatic N) is 1. The summed E-state index contributed by atoms with van der Waals surface area (Å²) in [6, 6.07) is 10.6. The summed E-state index contributed by atoms with van der Waals surface area (Å²) in [5, 5.41) is 0. The second-order valence-corrected chi connectivity index (χ2v) is 4.51. The molecule has 2 N–H and O–H groups in total. The third-order valence-electron chi connectivity index (χ3n) is 2.90. The molecule has 1 amide bonds. The molecule has 0 aromatic heterocycles. The zero-order valence-corrected chi connectivity index (χ0v) is 10.9. The maximum Gasteiger partial charge on any atom is 0.256 e. The fourth-order valence-corrected chi connectivity index (χ4v) is 1.91. The maximum atomic E-state index is 13.6. The largest absolute Gasteiger partial charge is 0.399 e. The summed E-state index contributed by atoms with van der Waals surface area (Å²) in [6.45, 7) is 0.264. The number of nitrogen functional groups attached to an aromatic ring is 1. The molecular formula is C15H14F2N2O. The summed E-state index contributed by atoms with van der Waals surface area (Å²) < 4.78 is 26.7. The average Bonchev–Trinajstić information content (AvgIpc) is 2.41. The molecule has 0 bridgehead atoms. The Balaban J connectivity index is 2.19. The Hall–Kier alpha value is -2.43. The smallest absolute Gasteiger partial charge is 0.256 e. The van der Waals surface area contributed by atoms with Crippen molar-refractivity contribution in [3.05, 3.63) is 65.2 Å². The van der Waals surface area contributed by atoms with Gasteiger partial charge in [-0.05, 0) is 29.8 Å². The summed E-state index contributed by atoms with van der Waals surface area (Å²) in [4.78, 5) is 13.4. The monoisotopic (exact) mass is 276 g/mol. The third-order valence-corrected chi connectivity index (χ3v) is 2.90. The molecule has 2 aromatic rings. The number of carbonyl (C=O) groups excluding carboxylic acids is 1. The van der Waals surface area contributed by atoms with Crippen LogP contribution in [0.4, 0.5) is 14.5 Å². The molecule has 2 rings (SSSR count). The van der Waals surface area contributed by atoms with Crippen molar-refractivity contribution in [2.75, 3.05) is 12.8 Å². The van der Waals surface area contributed by atoms with Crippen LogP contribution in [0.15, 0.2) is 42.5 Å². The third kappa shape index (κ3) is 2.93. The predicted octanol–water partition coefficient (Wildman–Crippen LogP) is 2.82. The van der Waals surface area contributed by atoms with Crippen LogP contribution in [0.3, 0.4) is 0 Å². The molecule has 0 aliphatic carbocycles. The first kappa shape index (κ1) is 14.0. The van der Waals surface area contributed by atoms with Gasteiger partial charge in [0, 0.05) is 19.3 Å². The number of carbonyl (C=O) groups is 1. The van der Waals surface area contributed by atoms with Crippen molar-refractivity contribution < 1.29 is 13.6 Å². The summed E-state index contributed by atoms with van der Waals surface area (Å²) >= 11 is 0. The van der Waals surface area contributed by atoms with E-state index in [0.29, 0.717) is 5.69 Å². The number of hydrogen-bond acceptors (Lipinski definition) is 2. The first-order valence-corrected chi connectivity index (χ1v) is 6.03. The highest BCUT2D eigenvalue weighted by Crippen LogP contribution is 2.15. The summed E-state index contributed by atoms with van der Waals surface area (Å²) in [5.41, 5.74) is 6.77. The molecule has 0 aliphatic rings. The molecule has 0 fully saturated rings. The molecule has 3 nitrogen and oxygen atoms in total. The minimum Gasteiger partial charge on any atom is -0.399 e. The number of benzene rings is 2. The van der Waals surface area contributed by atoms with Gasteiger partial charge in [0.15, 0.2) is 11.6 Å². The van der Waals surface area contributed by atoms with E-state index in [4.69, 9.17) is 5.73 Å². The van der Waals surface area contributed by atoms with Crippen LogP contribution in [-0.4, -0.2) is 17.9 Å². The van der Waals surface area contributed by atoms with Crippen LogP contribution in [0.25, 0.3) is 0 Å². The van der Waals surface area contributed by atoms with Gasteiger partial charge in [0.1, 0.15) is 0 Å². The molecule has 0 spiro atoms. The minimum absolute atomic E-state index is 0.264. The molecule has 0 heterocycles. The molecule has 0 radical (unpaired) electrons. The topological polar surface area (TPSA) is 46.3 Å². The van der Waals surface area contributed by atoms with E-state index in [9.17, 15) is 13.6 Å². The number of halogens is 2. The number of anilines is 1. The fraction of sp³-hybridized carbons (Fsp3) is 0.133. The van der Waals surface area contributed by atoms with E-state index in [1.54, 1.807) is 18.2 Å². The zero-order valence-electron chi connectivity index (χ0n) is 10.9. The van der Waals surface area contributed by atoms with E-state index in [1.165, 1.54) is 24.1 Å². The van der Waals surface area contributed by atoms with Crippen molar-refractivity contribution in [2.24, 2.45) is 0 Å². The quantitative estimate of drug-likeness (QED) is 0.876. The Kier molecular flexibility index (Phi) is 3.98. The van der Waals surface area contributed by atoms with E-state index in [2.05, 4.69) is 0 Å². The summed E-state index contributed by atoms with van der Waals surface area (Å²) in [7, 11) is 1.52. The van der Waals surface area contributed by atoms with Gasteiger partial charge >= 0.3 is 0 Å².